The molecule has 0 aromatic carbocycles. The molecule has 1 aromatic heterocycles. The van der Waals surface area contributed by atoms with Crippen LogP contribution in [0.3, 0.4) is 0 Å². The molecule has 1 aliphatic heterocycles. The number of aromatic amines is 1. The van der Waals surface area contributed by atoms with Crippen molar-refractivity contribution in [3.8, 4) is 0 Å². The maximum Gasteiger partial charge on any atom is 0.101 e. The van der Waals surface area contributed by atoms with Crippen LogP contribution in [0.4, 0.5) is 0 Å². The fourth-order valence-corrected chi connectivity index (χ4v) is 1.85. The van der Waals surface area contributed by atoms with Crippen molar-refractivity contribution in [1.82, 2.24) is 20.8 Å². The van der Waals surface area contributed by atoms with Crippen molar-refractivity contribution in [2.75, 3.05) is 13.2 Å². The summed E-state index contributed by atoms with van der Waals surface area (Å²) >= 11 is 0. The van der Waals surface area contributed by atoms with Gasteiger partial charge in [0, 0.05) is 12.5 Å². The highest BCUT2D eigenvalue weighted by molar-refractivity contribution is 5.01. The van der Waals surface area contributed by atoms with Crippen LogP contribution in [0.2, 0.25) is 0 Å². The third-order valence-electron chi connectivity index (χ3n) is 2.60. The zero-order valence-corrected chi connectivity index (χ0v) is 7.94. The summed E-state index contributed by atoms with van der Waals surface area (Å²) in [5, 5.41) is 10.4. The summed E-state index contributed by atoms with van der Waals surface area (Å²) in [4.78, 5) is 0. The minimum Gasteiger partial charge on any atom is -0.381 e. The lowest BCUT2D eigenvalue weighted by Gasteiger charge is -2.28. The first-order valence-electron chi connectivity index (χ1n) is 4.81. The number of ether oxygens (including phenoxy) is 1. The normalized spacial score (nSPS) is 24.8. The second kappa shape index (κ2) is 4.50. The molecule has 2 atom stereocenters. The van der Waals surface area contributed by atoms with Gasteiger partial charge in [-0.1, -0.05) is 0 Å². The van der Waals surface area contributed by atoms with Crippen LogP contribution in [0.15, 0.2) is 6.20 Å². The molecule has 14 heavy (non-hydrogen) atoms. The van der Waals surface area contributed by atoms with Gasteiger partial charge in [-0.25, -0.2) is 0 Å². The third kappa shape index (κ3) is 1.92. The number of hydrogen-bond donors (Lipinski definition) is 3. The molecule has 1 saturated heterocycles. The van der Waals surface area contributed by atoms with Gasteiger partial charge >= 0.3 is 0 Å². The second-order valence-corrected chi connectivity index (χ2v) is 3.52. The number of hydrogen-bond acceptors (Lipinski definition) is 5. The lowest BCUT2D eigenvalue weighted by Crippen LogP contribution is -2.37. The molecule has 0 amide bonds. The predicted octanol–water partition coefficient (Wildman–Crippen LogP) is -0.264. The summed E-state index contributed by atoms with van der Waals surface area (Å²) in [7, 11) is 0. The van der Waals surface area contributed by atoms with Crippen molar-refractivity contribution in [1.29, 1.82) is 0 Å². The molecule has 78 valence electrons. The highest BCUT2D eigenvalue weighted by Crippen LogP contribution is 2.26. The molecule has 1 aromatic rings. The van der Waals surface area contributed by atoms with E-state index < -0.39 is 0 Å². The van der Waals surface area contributed by atoms with Crippen LogP contribution in [-0.2, 0) is 4.74 Å². The van der Waals surface area contributed by atoms with Crippen molar-refractivity contribution in [3.63, 3.8) is 0 Å². The maximum absolute atomic E-state index is 5.51. The lowest BCUT2D eigenvalue weighted by atomic mass is 9.92. The number of nitrogens with two attached hydrogens (primary N) is 1. The molecule has 1 aliphatic rings. The van der Waals surface area contributed by atoms with E-state index in [-0.39, 0.29) is 6.04 Å². The second-order valence-electron chi connectivity index (χ2n) is 3.52. The van der Waals surface area contributed by atoms with Crippen LogP contribution in [0.1, 0.15) is 24.6 Å². The third-order valence-corrected chi connectivity index (χ3v) is 2.60. The van der Waals surface area contributed by atoms with Gasteiger partial charge in [0.1, 0.15) is 5.69 Å². The summed E-state index contributed by atoms with van der Waals surface area (Å²) in [5.74, 6) is 5.90. The minimum atomic E-state index is 0.0362. The van der Waals surface area contributed by atoms with Gasteiger partial charge in [-0.05, 0) is 12.8 Å². The van der Waals surface area contributed by atoms with Crippen molar-refractivity contribution in [2.45, 2.75) is 18.9 Å². The Morgan fingerprint density at radius 2 is 2.64 bits per heavy atom. The van der Waals surface area contributed by atoms with Crippen LogP contribution in [-0.4, -0.2) is 28.6 Å². The fraction of sp³-hybridized carbons (Fsp3) is 0.750. The van der Waals surface area contributed by atoms with E-state index in [0.717, 1.165) is 31.7 Å². The van der Waals surface area contributed by atoms with Crippen LogP contribution in [0, 0.1) is 5.92 Å². The number of nitrogens with zero attached hydrogens (tertiary/aromatic N) is 2. The number of nitrogens with one attached hydrogen (secondary N) is 2. The van der Waals surface area contributed by atoms with Crippen molar-refractivity contribution >= 4 is 0 Å². The van der Waals surface area contributed by atoms with E-state index in [1.54, 1.807) is 6.20 Å². The van der Waals surface area contributed by atoms with Gasteiger partial charge in [-0.3, -0.25) is 11.3 Å². The van der Waals surface area contributed by atoms with E-state index in [2.05, 4.69) is 20.8 Å². The van der Waals surface area contributed by atoms with Crippen LogP contribution < -0.4 is 11.3 Å². The molecule has 0 spiro atoms. The molecule has 0 aliphatic carbocycles. The number of aromatic nitrogens is 3. The maximum atomic E-state index is 5.51. The van der Waals surface area contributed by atoms with Crippen LogP contribution >= 0.6 is 0 Å². The predicted molar refractivity (Wildman–Crippen MR) is 50.0 cm³/mol. The highest BCUT2D eigenvalue weighted by atomic mass is 16.5. The van der Waals surface area contributed by atoms with E-state index in [1.165, 1.54) is 0 Å². The van der Waals surface area contributed by atoms with Gasteiger partial charge in [-0.2, -0.15) is 15.4 Å². The van der Waals surface area contributed by atoms with Crippen LogP contribution in [0.25, 0.3) is 0 Å². The first kappa shape index (κ1) is 9.57. The Morgan fingerprint density at radius 3 is 3.21 bits per heavy atom. The van der Waals surface area contributed by atoms with E-state index in [9.17, 15) is 0 Å². The van der Waals surface area contributed by atoms with E-state index in [1.807, 2.05) is 0 Å². The molecule has 6 heteroatoms. The zero-order chi connectivity index (χ0) is 9.80. The number of H-pyrrole nitrogens is 1. The van der Waals surface area contributed by atoms with Gasteiger partial charge in [0.05, 0.1) is 18.8 Å². The van der Waals surface area contributed by atoms with Crippen molar-refractivity contribution in [2.24, 2.45) is 11.8 Å². The van der Waals surface area contributed by atoms with Gasteiger partial charge < -0.3 is 4.74 Å². The molecule has 0 saturated carbocycles. The van der Waals surface area contributed by atoms with Crippen LogP contribution in [0.5, 0.6) is 0 Å². The molecule has 2 rings (SSSR count). The minimum absolute atomic E-state index is 0.0362. The SMILES string of the molecule is NNC(c1cn[nH]n1)C1CCCOC1. The smallest absolute Gasteiger partial charge is 0.101 e. The van der Waals surface area contributed by atoms with E-state index in [0.29, 0.717) is 5.92 Å². The summed E-state index contributed by atoms with van der Waals surface area (Å²) < 4.78 is 5.41. The Balaban J connectivity index is 2.04. The standard InChI is InChI=1S/C8H15N5O/c9-11-8(7-4-10-13-12-7)6-2-1-3-14-5-6/h4,6,8,11H,1-3,5,9H2,(H,10,12,13). The molecule has 0 bridgehead atoms. The molecular weight excluding hydrogens is 182 g/mol. The highest BCUT2D eigenvalue weighted by Gasteiger charge is 2.26. The first-order chi connectivity index (χ1) is 6.92. The molecule has 1 fully saturated rings. The van der Waals surface area contributed by atoms with E-state index >= 15 is 0 Å². The van der Waals surface area contributed by atoms with Gasteiger partial charge in [0.15, 0.2) is 0 Å². The summed E-state index contributed by atoms with van der Waals surface area (Å²) in [6.07, 6.45) is 3.89. The molecule has 4 N–H and O–H groups in total. The summed E-state index contributed by atoms with van der Waals surface area (Å²) in [6.45, 7) is 1.59. The monoisotopic (exact) mass is 197 g/mol. The Kier molecular flexibility index (Phi) is 3.07. The Bertz CT molecular complexity index is 257. The first-order valence-corrected chi connectivity index (χ1v) is 4.81. The van der Waals surface area contributed by atoms with Gasteiger partial charge in [0.25, 0.3) is 0 Å². The number of rotatable bonds is 3. The quantitative estimate of drug-likeness (QED) is 0.458. The topological polar surface area (TPSA) is 88.8 Å². The largest absolute Gasteiger partial charge is 0.381 e. The molecule has 2 unspecified atom stereocenters. The summed E-state index contributed by atoms with van der Waals surface area (Å²) in [6, 6.07) is 0.0362. The van der Waals surface area contributed by atoms with Gasteiger partial charge in [0.2, 0.25) is 0 Å². The Labute approximate surface area is 82.2 Å². The van der Waals surface area contributed by atoms with Crippen molar-refractivity contribution in [3.05, 3.63) is 11.9 Å². The Hall–Kier alpha value is -0.980. The molecule has 6 nitrogen and oxygen atoms in total. The lowest BCUT2D eigenvalue weighted by molar-refractivity contribution is 0.0383. The molecule has 2 heterocycles. The zero-order valence-electron chi connectivity index (χ0n) is 7.94. The summed E-state index contributed by atoms with van der Waals surface area (Å²) in [5.41, 5.74) is 3.62. The molecular formula is C8H15N5O. The number of hydrazine groups is 1. The Morgan fingerprint density at radius 1 is 1.71 bits per heavy atom. The fourth-order valence-electron chi connectivity index (χ4n) is 1.85. The average molecular weight is 197 g/mol. The van der Waals surface area contributed by atoms with Crippen molar-refractivity contribution < 1.29 is 4.74 Å². The molecule has 0 radical (unpaired) electrons. The average Bonchev–Trinajstić information content (AvgIpc) is 2.74. The van der Waals surface area contributed by atoms with Gasteiger partial charge in [-0.15, -0.1) is 0 Å². The van der Waals surface area contributed by atoms with E-state index in [4.69, 9.17) is 10.6 Å².